The Kier molecular flexibility index (Phi) is 1.89. The van der Waals surface area contributed by atoms with Gasteiger partial charge in [0.25, 0.3) is 0 Å². The van der Waals surface area contributed by atoms with E-state index in [0.29, 0.717) is 11.3 Å². The average Bonchev–Trinajstić information content (AvgIpc) is 2.44. The third-order valence-corrected chi connectivity index (χ3v) is 1.98. The van der Waals surface area contributed by atoms with Crippen molar-refractivity contribution in [3.63, 3.8) is 0 Å². The van der Waals surface area contributed by atoms with Gasteiger partial charge in [-0.15, -0.1) is 0 Å². The summed E-state index contributed by atoms with van der Waals surface area (Å²) >= 11 is 0. The van der Waals surface area contributed by atoms with Gasteiger partial charge < -0.3 is 5.11 Å². The van der Waals surface area contributed by atoms with E-state index in [2.05, 4.69) is 4.99 Å². The predicted molar refractivity (Wildman–Crippen MR) is 50.1 cm³/mol. The number of ketones is 1. The smallest absolute Gasteiger partial charge is 0.309 e. The molecule has 1 aliphatic heterocycles. The van der Waals surface area contributed by atoms with Crippen LogP contribution in [0.4, 0.5) is 5.69 Å². The highest BCUT2D eigenvalue weighted by molar-refractivity contribution is 6.51. The maximum absolute atomic E-state index is 11.5. The molecule has 70 valence electrons. The maximum atomic E-state index is 11.5. The molecule has 14 heavy (non-hydrogen) atoms. The minimum absolute atomic E-state index is 0.110. The van der Waals surface area contributed by atoms with Crippen molar-refractivity contribution < 1.29 is 14.7 Å². The molecule has 1 N–H and O–H groups in total. The summed E-state index contributed by atoms with van der Waals surface area (Å²) in [6, 6.07) is 6.84. The Morgan fingerprint density at radius 2 is 2.07 bits per heavy atom. The second-order valence-electron chi connectivity index (χ2n) is 2.98. The van der Waals surface area contributed by atoms with Gasteiger partial charge in [0, 0.05) is 5.56 Å². The van der Waals surface area contributed by atoms with E-state index in [1.807, 2.05) is 0 Å². The molecule has 0 amide bonds. The van der Waals surface area contributed by atoms with Gasteiger partial charge in [-0.25, -0.2) is 4.99 Å². The van der Waals surface area contributed by atoms with E-state index in [0.717, 1.165) is 0 Å². The van der Waals surface area contributed by atoms with Crippen molar-refractivity contribution in [2.24, 2.45) is 4.99 Å². The first-order valence-corrected chi connectivity index (χ1v) is 4.11. The largest absolute Gasteiger partial charge is 0.481 e. The molecule has 1 aromatic carbocycles. The topological polar surface area (TPSA) is 66.7 Å². The maximum Gasteiger partial charge on any atom is 0.309 e. The van der Waals surface area contributed by atoms with Crippen molar-refractivity contribution in [3.05, 3.63) is 29.8 Å². The Balaban J connectivity index is 2.37. The number of benzene rings is 1. The number of fused-ring (bicyclic) bond motifs is 1. The van der Waals surface area contributed by atoms with Gasteiger partial charge in [-0.2, -0.15) is 0 Å². The SMILES string of the molecule is O=C(O)CC1=Nc2ccccc2C1=O. The number of carbonyl (C=O) groups is 2. The molecule has 0 aromatic heterocycles. The van der Waals surface area contributed by atoms with Crippen molar-refractivity contribution in [2.75, 3.05) is 0 Å². The minimum atomic E-state index is -1.04. The van der Waals surface area contributed by atoms with Crippen molar-refractivity contribution in [3.8, 4) is 0 Å². The van der Waals surface area contributed by atoms with Crippen LogP contribution in [-0.2, 0) is 4.79 Å². The monoisotopic (exact) mass is 189 g/mol. The van der Waals surface area contributed by atoms with Gasteiger partial charge in [-0.05, 0) is 12.1 Å². The average molecular weight is 189 g/mol. The first-order chi connectivity index (χ1) is 6.68. The predicted octanol–water partition coefficient (Wildman–Crippen LogP) is 1.43. The van der Waals surface area contributed by atoms with Gasteiger partial charge in [0.1, 0.15) is 5.71 Å². The van der Waals surface area contributed by atoms with Crippen molar-refractivity contribution >= 4 is 23.2 Å². The standard InChI is InChI=1S/C10H7NO3/c12-9(13)5-8-10(14)6-3-1-2-4-7(6)11-8/h1-4H,5H2,(H,12,13). The van der Waals surface area contributed by atoms with E-state index >= 15 is 0 Å². The van der Waals surface area contributed by atoms with Gasteiger partial charge in [0.15, 0.2) is 0 Å². The summed E-state index contributed by atoms with van der Waals surface area (Å²) in [5, 5.41) is 8.54. The van der Waals surface area contributed by atoms with Crippen molar-refractivity contribution in [1.82, 2.24) is 0 Å². The molecule has 1 aliphatic rings. The fourth-order valence-electron chi connectivity index (χ4n) is 1.38. The van der Waals surface area contributed by atoms with Crippen molar-refractivity contribution in [1.29, 1.82) is 0 Å². The van der Waals surface area contributed by atoms with Crippen LogP contribution in [0.5, 0.6) is 0 Å². The van der Waals surface area contributed by atoms with Gasteiger partial charge in [0.05, 0.1) is 12.1 Å². The van der Waals surface area contributed by atoms with E-state index in [4.69, 9.17) is 5.11 Å². The molecule has 0 spiro atoms. The number of hydrogen-bond acceptors (Lipinski definition) is 3. The minimum Gasteiger partial charge on any atom is -0.481 e. The highest BCUT2D eigenvalue weighted by atomic mass is 16.4. The summed E-state index contributed by atoms with van der Waals surface area (Å²) in [4.78, 5) is 25.9. The normalized spacial score (nSPS) is 13.7. The summed E-state index contributed by atoms with van der Waals surface area (Å²) in [6.45, 7) is 0. The Labute approximate surface area is 79.9 Å². The third-order valence-electron chi connectivity index (χ3n) is 1.98. The number of carboxylic acids is 1. The number of Topliss-reactive ketones (excluding diaryl/α,β-unsaturated/α-hetero) is 1. The Morgan fingerprint density at radius 3 is 2.71 bits per heavy atom. The van der Waals surface area contributed by atoms with E-state index in [1.165, 1.54) is 0 Å². The number of aliphatic imine (C=N–C) groups is 1. The third kappa shape index (κ3) is 1.31. The summed E-state index contributed by atoms with van der Waals surface area (Å²) < 4.78 is 0. The zero-order chi connectivity index (χ0) is 10.1. The zero-order valence-corrected chi connectivity index (χ0v) is 7.23. The lowest BCUT2D eigenvalue weighted by Gasteiger charge is -1.93. The van der Waals surface area contributed by atoms with Crippen LogP contribution in [0.3, 0.4) is 0 Å². The molecule has 4 heteroatoms. The molecule has 1 heterocycles. The Hall–Kier alpha value is -1.97. The molecule has 4 nitrogen and oxygen atoms in total. The highest BCUT2D eigenvalue weighted by Crippen LogP contribution is 2.26. The summed E-state index contributed by atoms with van der Waals surface area (Å²) in [5.74, 6) is -1.31. The van der Waals surface area contributed by atoms with Gasteiger partial charge in [-0.3, -0.25) is 9.59 Å². The number of para-hydroxylation sites is 1. The number of nitrogens with zero attached hydrogens (tertiary/aromatic N) is 1. The molecule has 0 atom stereocenters. The summed E-state index contributed by atoms with van der Waals surface area (Å²) in [7, 11) is 0. The molecular weight excluding hydrogens is 182 g/mol. The first-order valence-electron chi connectivity index (χ1n) is 4.11. The molecule has 0 fully saturated rings. The lowest BCUT2D eigenvalue weighted by molar-refractivity contribution is -0.135. The molecule has 0 radical (unpaired) electrons. The second kappa shape index (κ2) is 3.06. The fourth-order valence-corrected chi connectivity index (χ4v) is 1.38. The van der Waals surface area contributed by atoms with E-state index < -0.39 is 5.97 Å². The molecule has 1 aromatic rings. The molecule has 0 saturated carbocycles. The van der Waals surface area contributed by atoms with Gasteiger partial charge in [0.2, 0.25) is 5.78 Å². The summed E-state index contributed by atoms with van der Waals surface area (Å²) in [6.07, 6.45) is -0.312. The van der Waals surface area contributed by atoms with Crippen LogP contribution in [0.2, 0.25) is 0 Å². The second-order valence-corrected chi connectivity index (χ2v) is 2.98. The van der Waals surface area contributed by atoms with Gasteiger partial charge in [-0.1, -0.05) is 12.1 Å². The van der Waals surface area contributed by atoms with Crippen LogP contribution in [0.15, 0.2) is 29.3 Å². The van der Waals surface area contributed by atoms with Crippen LogP contribution < -0.4 is 0 Å². The lowest BCUT2D eigenvalue weighted by atomic mass is 10.1. The van der Waals surface area contributed by atoms with Crippen LogP contribution in [0, 0.1) is 0 Å². The molecule has 2 rings (SSSR count). The summed E-state index contributed by atoms with van der Waals surface area (Å²) in [5.41, 5.74) is 1.16. The molecular formula is C10H7NO3. The van der Waals surface area contributed by atoms with Crippen LogP contribution in [0.25, 0.3) is 0 Å². The number of hydrogen-bond donors (Lipinski definition) is 1. The quantitative estimate of drug-likeness (QED) is 0.765. The van der Waals surface area contributed by atoms with Crippen LogP contribution in [-0.4, -0.2) is 22.6 Å². The number of aliphatic carboxylic acids is 1. The fraction of sp³-hybridized carbons (Fsp3) is 0.100. The number of rotatable bonds is 2. The van der Waals surface area contributed by atoms with E-state index in [-0.39, 0.29) is 17.9 Å². The molecule has 0 bridgehead atoms. The Bertz CT molecular complexity index is 448. The number of carboxylic acid groups (broad SMARTS) is 1. The van der Waals surface area contributed by atoms with Crippen LogP contribution in [0.1, 0.15) is 16.8 Å². The molecule has 0 unspecified atom stereocenters. The van der Waals surface area contributed by atoms with E-state index in [9.17, 15) is 9.59 Å². The van der Waals surface area contributed by atoms with Gasteiger partial charge >= 0.3 is 5.97 Å². The van der Waals surface area contributed by atoms with Crippen molar-refractivity contribution in [2.45, 2.75) is 6.42 Å². The molecule has 0 aliphatic carbocycles. The molecule has 0 saturated heterocycles. The Morgan fingerprint density at radius 1 is 1.36 bits per heavy atom. The first kappa shape index (κ1) is 8.62. The lowest BCUT2D eigenvalue weighted by Crippen LogP contribution is -2.14. The number of carbonyl (C=O) groups excluding carboxylic acids is 1. The van der Waals surface area contributed by atoms with Crippen LogP contribution >= 0.6 is 0 Å². The van der Waals surface area contributed by atoms with E-state index in [1.54, 1.807) is 24.3 Å². The zero-order valence-electron chi connectivity index (χ0n) is 7.23. The highest BCUT2D eigenvalue weighted by Gasteiger charge is 2.25.